The maximum absolute atomic E-state index is 14.6. The summed E-state index contributed by atoms with van der Waals surface area (Å²) in [5.74, 6) is -4.25. The molecule has 0 aliphatic carbocycles. The number of nitrogens with one attached hydrogen (secondary N) is 2. The smallest absolute Gasteiger partial charge is 0.268 e. The summed E-state index contributed by atoms with van der Waals surface area (Å²) in [7, 11) is -9.94. The molecule has 0 aromatic carbocycles. The third-order valence-electron chi connectivity index (χ3n) is 23.7. The molecule has 5 aliphatic rings. The first kappa shape index (κ1) is 111. The van der Waals surface area contributed by atoms with Crippen LogP contribution in [0.15, 0.2) is 12.7 Å². The fourth-order valence-electron chi connectivity index (χ4n) is 15.6. The number of phosphoric ester groups is 1. The molecule has 0 saturated carbocycles. The van der Waals surface area contributed by atoms with Gasteiger partial charge in [-0.2, -0.15) is 0 Å². The fraction of sp³-hybridized carbons (Fsp3) is 0.845. The number of anilines is 1. The molecular formula is C84H140N8O35P2-2. The number of carbonyl (C=O) groups excluding carboxylic acids is 8. The number of unbranched alkanes of at least 4 members (excludes halogenated alkanes) is 8. The van der Waals surface area contributed by atoms with Crippen molar-refractivity contribution in [2.75, 3.05) is 111 Å². The van der Waals surface area contributed by atoms with E-state index >= 15 is 0 Å². The molecule has 45 heteroatoms. The summed E-state index contributed by atoms with van der Waals surface area (Å²) in [6, 6.07) is -1.18. The highest BCUT2D eigenvalue weighted by Crippen LogP contribution is 2.49. The predicted molar refractivity (Wildman–Crippen MR) is 452 cm³/mol. The number of hydrogen-bond donors (Lipinski definition) is 13. The number of nitrogens with two attached hydrogens (primary N) is 1. The van der Waals surface area contributed by atoms with Gasteiger partial charge in [-0.15, -0.1) is 0 Å². The number of β-amino-alcohol motifs (C(OH)–C–C–N with tert-alkyl or cyclic N) is 1. The molecule has 22 atom stereocenters. The molecule has 5 saturated heterocycles. The van der Waals surface area contributed by atoms with E-state index in [9.17, 15) is 108 Å². The van der Waals surface area contributed by atoms with Crippen LogP contribution >= 0.6 is 15.4 Å². The van der Waals surface area contributed by atoms with Crippen LogP contribution in [0.5, 0.6) is 0 Å². The van der Waals surface area contributed by atoms with Crippen molar-refractivity contribution < 1.29 is 169 Å². The van der Waals surface area contributed by atoms with E-state index in [1.165, 1.54) is 31.1 Å². The van der Waals surface area contributed by atoms with Crippen LogP contribution in [0.2, 0.25) is 0 Å². The summed E-state index contributed by atoms with van der Waals surface area (Å²) in [6.45, 7) is 3.27. The minimum absolute atomic E-state index is 0.00119. The van der Waals surface area contributed by atoms with E-state index in [1.54, 1.807) is 20.8 Å². The number of ether oxygens (including phenoxy) is 10. The lowest BCUT2D eigenvalue weighted by Crippen LogP contribution is -2.59. The number of carbonyl (C=O) groups is 8. The Balaban J connectivity index is 0.953. The van der Waals surface area contributed by atoms with Gasteiger partial charge < -0.3 is 148 Å². The number of hydrogen-bond acceptors (Lipinski definition) is 39. The SMILES string of the molecule is CC1[C@H](OCCCCC(=O)CCCCCC(=O)CCOCC(COCCC(=O)CCCCCC(=O)CCCCO[C@@H]2OC(CO)[C@H](O)[C@H](O)C2C)(COCCC(=O)NCCCCC(=O)CCCCO[C@@H]2OC(CO)[C@H](O)[C@H](O)C2C)NC(=O)CC(=O)N2C[C@@H](O)C[C@@H]2COP(=O)([O-])O[C@H]2C[C@H](n3cnc4c(N)ncnc43)O[C@@H]2COP(=O)([O-])C(C)C)OC(CO)[C@H](O)[C@@H]1O. The number of nitrogens with zero attached hydrogens (tertiary/aromatic N) is 5. The Hall–Kier alpha value is -5.43. The molecule has 8 unspecified atom stereocenters. The molecule has 14 N–H and O–H groups in total. The number of rotatable bonds is 66. The van der Waals surface area contributed by atoms with Crippen molar-refractivity contribution in [3.05, 3.63) is 12.7 Å². The van der Waals surface area contributed by atoms with Gasteiger partial charge >= 0.3 is 0 Å². The van der Waals surface area contributed by atoms with Gasteiger partial charge in [0.25, 0.3) is 7.82 Å². The van der Waals surface area contributed by atoms with Crippen molar-refractivity contribution in [1.29, 1.82) is 0 Å². The Labute approximate surface area is 752 Å². The summed E-state index contributed by atoms with van der Waals surface area (Å²) in [4.78, 5) is 148. The predicted octanol–water partition coefficient (Wildman–Crippen LogP) is 0.791. The van der Waals surface area contributed by atoms with Crippen molar-refractivity contribution >= 4 is 79.0 Å². The minimum atomic E-state index is -5.44. The first-order valence-electron chi connectivity index (χ1n) is 45.3. The van der Waals surface area contributed by atoms with Crippen LogP contribution in [-0.2, 0) is 108 Å². The van der Waals surface area contributed by atoms with Gasteiger partial charge in [0.15, 0.2) is 30.3 Å². The zero-order chi connectivity index (χ0) is 94.4. The highest BCUT2D eigenvalue weighted by atomic mass is 31.2. The van der Waals surface area contributed by atoms with E-state index < -0.39 is 226 Å². The van der Waals surface area contributed by atoms with Crippen LogP contribution < -0.4 is 26.2 Å². The maximum Gasteiger partial charge on any atom is 0.268 e. The fourth-order valence-corrected chi connectivity index (χ4v) is 17.2. The van der Waals surface area contributed by atoms with Crippen LogP contribution in [0, 0.1) is 17.8 Å². The highest BCUT2D eigenvalue weighted by molar-refractivity contribution is 7.52. The van der Waals surface area contributed by atoms with Gasteiger partial charge in [0.05, 0.1) is 116 Å². The van der Waals surface area contributed by atoms with E-state index in [-0.39, 0.29) is 182 Å². The second kappa shape index (κ2) is 56.8. The number of ketones is 5. The number of fused-ring (bicyclic) bond motifs is 1. The van der Waals surface area contributed by atoms with Gasteiger partial charge in [0.1, 0.15) is 109 Å². The lowest BCUT2D eigenvalue weighted by molar-refractivity contribution is -0.282. The van der Waals surface area contributed by atoms with Gasteiger partial charge in [0, 0.05) is 133 Å². The number of amides is 3. The van der Waals surface area contributed by atoms with Gasteiger partial charge in [0.2, 0.25) is 17.7 Å². The van der Waals surface area contributed by atoms with Crippen LogP contribution in [0.4, 0.5) is 5.82 Å². The highest BCUT2D eigenvalue weighted by Gasteiger charge is 2.47. The summed E-state index contributed by atoms with van der Waals surface area (Å²) in [5.41, 5.74) is 3.71. The molecule has 2 aromatic rings. The number of phosphoric acid groups is 1. The Kier molecular flexibility index (Phi) is 48.7. The quantitative estimate of drug-likeness (QED) is 0.0247. The van der Waals surface area contributed by atoms with Crippen LogP contribution in [0.3, 0.4) is 0 Å². The largest absolute Gasteiger partial charge is 0.778 e. The third-order valence-corrected chi connectivity index (χ3v) is 26.5. The van der Waals surface area contributed by atoms with Crippen LogP contribution in [-0.4, -0.2) is 337 Å². The number of aliphatic hydroxyl groups excluding tert-OH is 10. The summed E-state index contributed by atoms with van der Waals surface area (Å²) in [6.07, 6.45) is -8.12. The molecule has 43 nitrogen and oxygen atoms in total. The van der Waals surface area contributed by atoms with E-state index in [0.717, 1.165) is 4.90 Å². The zero-order valence-corrected chi connectivity index (χ0v) is 76.6. The average molecular weight is 1880 g/mol. The number of nitrogen functional groups attached to an aromatic ring is 1. The number of aromatic nitrogens is 4. The first-order valence-corrected chi connectivity index (χ1v) is 48.3. The molecule has 5 fully saturated rings. The molecule has 5 aliphatic heterocycles. The van der Waals surface area contributed by atoms with Crippen molar-refractivity contribution in [3.63, 3.8) is 0 Å². The van der Waals surface area contributed by atoms with Crippen molar-refractivity contribution in [2.24, 2.45) is 17.8 Å². The number of aliphatic hydroxyl groups is 10. The Bertz CT molecular complexity index is 3620. The van der Waals surface area contributed by atoms with Gasteiger partial charge in [-0.25, -0.2) is 15.0 Å². The topological polar surface area (TPSA) is 636 Å². The number of likely N-dealkylation sites (tertiary alicyclic amines) is 1. The van der Waals surface area contributed by atoms with E-state index in [1.807, 2.05) is 0 Å². The first-order chi connectivity index (χ1) is 61.5. The molecule has 738 valence electrons. The molecule has 0 radical (unpaired) electrons. The molecule has 7 rings (SSSR count). The number of Topliss-reactive ketones (excluding diaryl/α,β-unsaturated/α-hetero) is 5. The van der Waals surface area contributed by atoms with Gasteiger partial charge in [-0.3, -0.25) is 47.5 Å². The maximum atomic E-state index is 14.6. The molecular weight excluding hydrogens is 1740 g/mol. The Morgan fingerprint density at radius 2 is 0.946 bits per heavy atom. The summed E-state index contributed by atoms with van der Waals surface area (Å²) >= 11 is 0. The second-order valence-corrected chi connectivity index (χ2v) is 38.3. The lowest BCUT2D eigenvalue weighted by Gasteiger charge is -2.40. The van der Waals surface area contributed by atoms with E-state index in [2.05, 4.69) is 25.6 Å². The Morgan fingerprint density at radius 3 is 1.39 bits per heavy atom. The van der Waals surface area contributed by atoms with Gasteiger partial charge in [-0.1, -0.05) is 47.5 Å². The van der Waals surface area contributed by atoms with Crippen molar-refractivity contribution in [2.45, 2.75) is 330 Å². The normalized spacial score (nSPS) is 28.1. The molecule has 3 amide bonds. The van der Waals surface area contributed by atoms with Crippen LogP contribution in [0.25, 0.3) is 11.2 Å². The standard InChI is InChI=1S/C84H142N8O35P2/c1-52(2)128(111,112)121-46-67-63(39-71(123-67)92-51-89-72-79(85)87-50-88-80(72)92)127-129(113,114)122-45-56-38-62(101)41-91(56)70(104)40-69(103)90-84(47-115-35-28-60(99)22-10-6-8-20-57(96)25-13-17-32-118-81-53(3)73(105)76(108)64(42-93)124-81,48-116-36-29-61(100)23-11-7-9-21-58(97)26-14-18-33-119-82-54(4)74(106)77(109)65(43-94)125-82)49-117-37-30-68(102)86-31-16-12-24-59(98)27-15-19-34-120-83-55(5)75(107)78(110)66(44-95)126-83/h50-56,62-67,71,73-78,81-83,93-95,101,105-110H,6-49H2,1-5H3,(H,86,102)(H,90,103)(H,111,112)(H,113,114)(H2,85,87,88)/p-2/t53?,54?,55?,56-,62+,63+,64?,65?,66?,67-,71-,73-,74-,75-,76+,77+,78+,81-,82-,83-,84?/m1/s1. The summed E-state index contributed by atoms with van der Waals surface area (Å²) in [5, 5.41) is 107. The van der Waals surface area contributed by atoms with E-state index in [4.69, 9.17) is 66.7 Å². The third kappa shape index (κ3) is 37.0. The monoisotopic (exact) mass is 1880 g/mol. The summed E-state index contributed by atoms with van der Waals surface area (Å²) < 4.78 is 103. The van der Waals surface area contributed by atoms with Crippen molar-refractivity contribution in [1.82, 2.24) is 35.1 Å². The minimum Gasteiger partial charge on any atom is -0.778 e. The molecule has 129 heavy (non-hydrogen) atoms. The number of imidazole rings is 1. The Morgan fingerprint density at radius 1 is 0.519 bits per heavy atom. The van der Waals surface area contributed by atoms with Crippen LogP contribution in [0.1, 0.15) is 221 Å². The zero-order valence-electron chi connectivity index (χ0n) is 74.8. The van der Waals surface area contributed by atoms with Gasteiger partial charge in [-0.05, 0) is 83.5 Å². The molecule has 0 spiro atoms. The lowest BCUT2D eigenvalue weighted by atomic mass is 9.92. The molecule has 2 aromatic heterocycles. The average Bonchev–Trinajstić information content (AvgIpc) is 1.63. The molecule has 0 bridgehead atoms. The van der Waals surface area contributed by atoms with E-state index in [0.29, 0.717) is 89.9 Å². The molecule has 7 heterocycles. The second-order valence-electron chi connectivity index (χ2n) is 34.6. The van der Waals surface area contributed by atoms with Crippen molar-refractivity contribution in [3.8, 4) is 0 Å².